The molecule has 2 aromatic carbocycles. The van der Waals surface area contributed by atoms with Gasteiger partial charge in [-0.1, -0.05) is 35.4 Å². The normalized spacial score (nSPS) is 10.3. The molecule has 1 amide bonds. The van der Waals surface area contributed by atoms with Crippen molar-refractivity contribution in [3.8, 4) is 5.69 Å². The second-order valence-electron chi connectivity index (χ2n) is 4.19. The van der Waals surface area contributed by atoms with Gasteiger partial charge in [0.25, 0.3) is 11.9 Å². The first-order valence-corrected chi connectivity index (χ1v) is 7.23. The van der Waals surface area contributed by atoms with E-state index in [0.29, 0.717) is 5.56 Å². The Kier molecular flexibility index (Phi) is 3.91. The third-order valence-corrected chi connectivity index (χ3v) is 3.72. The van der Waals surface area contributed by atoms with Crippen LogP contribution in [0.4, 0.5) is 5.95 Å². The molecule has 6 nitrogen and oxygen atoms in total. The molecule has 0 atom stereocenters. The molecule has 0 spiro atoms. The van der Waals surface area contributed by atoms with Gasteiger partial charge in [-0.05, 0) is 57.3 Å². The van der Waals surface area contributed by atoms with E-state index in [1.54, 1.807) is 24.3 Å². The molecular formula is C14H10IN5O. The zero-order valence-corrected chi connectivity index (χ0v) is 12.9. The van der Waals surface area contributed by atoms with Crippen LogP contribution in [0, 0.1) is 3.57 Å². The van der Waals surface area contributed by atoms with E-state index in [1.807, 2.05) is 30.3 Å². The van der Waals surface area contributed by atoms with Crippen LogP contribution in [0.15, 0.2) is 54.6 Å². The maximum absolute atomic E-state index is 12.2. The van der Waals surface area contributed by atoms with E-state index >= 15 is 0 Å². The second kappa shape index (κ2) is 6.00. The van der Waals surface area contributed by atoms with E-state index in [-0.39, 0.29) is 11.9 Å². The minimum atomic E-state index is -0.252. The van der Waals surface area contributed by atoms with Gasteiger partial charge in [0, 0.05) is 9.13 Å². The summed E-state index contributed by atoms with van der Waals surface area (Å²) in [5, 5.41) is 14.1. The SMILES string of the molecule is O=C(Nc1nnnn1-c1ccccc1I)c1ccccc1. The third-order valence-electron chi connectivity index (χ3n) is 2.81. The maximum atomic E-state index is 12.2. The lowest BCUT2D eigenvalue weighted by Gasteiger charge is -2.07. The van der Waals surface area contributed by atoms with Crippen LogP contribution in [0.2, 0.25) is 0 Å². The summed E-state index contributed by atoms with van der Waals surface area (Å²) < 4.78 is 2.49. The number of carbonyl (C=O) groups excluding carboxylic acids is 1. The number of tetrazole rings is 1. The highest BCUT2D eigenvalue weighted by Crippen LogP contribution is 2.18. The molecule has 21 heavy (non-hydrogen) atoms. The molecule has 0 fully saturated rings. The van der Waals surface area contributed by atoms with E-state index in [1.165, 1.54) is 4.68 Å². The molecule has 0 saturated heterocycles. The van der Waals surface area contributed by atoms with Gasteiger partial charge in [0.05, 0.1) is 5.69 Å². The smallest absolute Gasteiger partial charge is 0.258 e. The lowest BCUT2D eigenvalue weighted by molar-refractivity contribution is 0.102. The van der Waals surface area contributed by atoms with Gasteiger partial charge in [-0.3, -0.25) is 10.1 Å². The molecule has 0 unspecified atom stereocenters. The number of amides is 1. The van der Waals surface area contributed by atoms with Crippen LogP contribution in [0.1, 0.15) is 10.4 Å². The average molecular weight is 391 g/mol. The van der Waals surface area contributed by atoms with Crippen molar-refractivity contribution in [2.45, 2.75) is 0 Å². The molecule has 1 N–H and O–H groups in total. The van der Waals surface area contributed by atoms with Crippen molar-refractivity contribution in [3.05, 3.63) is 63.7 Å². The van der Waals surface area contributed by atoms with Gasteiger partial charge >= 0.3 is 0 Å². The first-order chi connectivity index (χ1) is 10.3. The number of halogens is 1. The van der Waals surface area contributed by atoms with Gasteiger partial charge in [0.1, 0.15) is 0 Å². The lowest BCUT2D eigenvalue weighted by Crippen LogP contribution is -2.16. The summed E-state index contributed by atoms with van der Waals surface area (Å²) >= 11 is 2.19. The predicted molar refractivity (Wildman–Crippen MR) is 86.3 cm³/mol. The summed E-state index contributed by atoms with van der Waals surface area (Å²) in [4.78, 5) is 12.2. The minimum absolute atomic E-state index is 0.252. The Balaban J connectivity index is 1.90. The highest BCUT2D eigenvalue weighted by atomic mass is 127. The molecule has 0 radical (unpaired) electrons. The van der Waals surface area contributed by atoms with Crippen LogP contribution in [0.25, 0.3) is 5.69 Å². The molecule has 0 aliphatic carbocycles. The minimum Gasteiger partial charge on any atom is -0.289 e. The number of aromatic nitrogens is 4. The summed E-state index contributed by atoms with van der Waals surface area (Å²) in [6.45, 7) is 0. The van der Waals surface area contributed by atoms with Crippen LogP contribution in [0.5, 0.6) is 0 Å². The van der Waals surface area contributed by atoms with E-state index in [2.05, 4.69) is 43.4 Å². The van der Waals surface area contributed by atoms with Gasteiger partial charge < -0.3 is 0 Å². The molecule has 104 valence electrons. The molecule has 0 aliphatic rings. The molecule has 7 heteroatoms. The number of benzene rings is 2. The molecule has 3 aromatic rings. The highest BCUT2D eigenvalue weighted by molar-refractivity contribution is 14.1. The van der Waals surface area contributed by atoms with Gasteiger partial charge in [-0.15, -0.1) is 0 Å². The Hall–Kier alpha value is -2.29. The first kappa shape index (κ1) is 13.7. The molecule has 3 rings (SSSR count). The topological polar surface area (TPSA) is 72.7 Å². The second-order valence-corrected chi connectivity index (χ2v) is 5.35. The first-order valence-electron chi connectivity index (χ1n) is 6.15. The van der Waals surface area contributed by atoms with Crippen molar-refractivity contribution in [1.29, 1.82) is 0 Å². The summed E-state index contributed by atoms with van der Waals surface area (Å²) in [5.41, 5.74) is 1.36. The molecule has 0 aliphatic heterocycles. The molecule has 1 heterocycles. The maximum Gasteiger partial charge on any atom is 0.258 e. The Labute approximate surface area is 134 Å². The number of hydrogen-bond acceptors (Lipinski definition) is 4. The Morgan fingerprint density at radius 1 is 1.05 bits per heavy atom. The molecular weight excluding hydrogens is 381 g/mol. The van der Waals surface area contributed by atoms with Crippen molar-refractivity contribution < 1.29 is 4.79 Å². The number of nitrogens with one attached hydrogen (secondary N) is 1. The number of hydrogen-bond donors (Lipinski definition) is 1. The Morgan fingerprint density at radius 3 is 2.52 bits per heavy atom. The van der Waals surface area contributed by atoms with E-state index in [0.717, 1.165) is 9.26 Å². The van der Waals surface area contributed by atoms with Crippen molar-refractivity contribution >= 4 is 34.4 Å². The van der Waals surface area contributed by atoms with Crippen LogP contribution in [-0.4, -0.2) is 26.1 Å². The third kappa shape index (κ3) is 2.92. The monoisotopic (exact) mass is 391 g/mol. The zero-order chi connectivity index (χ0) is 14.7. The van der Waals surface area contributed by atoms with Gasteiger partial charge in [0.15, 0.2) is 0 Å². The van der Waals surface area contributed by atoms with Crippen LogP contribution in [-0.2, 0) is 0 Å². The summed E-state index contributed by atoms with van der Waals surface area (Å²) in [6.07, 6.45) is 0. The van der Waals surface area contributed by atoms with Gasteiger partial charge in [-0.2, -0.15) is 4.68 Å². The van der Waals surface area contributed by atoms with E-state index in [4.69, 9.17) is 0 Å². The summed E-state index contributed by atoms with van der Waals surface area (Å²) in [6, 6.07) is 16.6. The van der Waals surface area contributed by atoms with Crippen LogP contribution < -0.4 is 5.32 Å². The number of carbonyl (C=O) groups is 1. The fraction of sp³-hybridized carbons (Fsp3) is 0. The van der Waals surface area contributed by atoms with Crippen molar-refractivity contribution in [3.63, 3.8) is 0 Å². The summed E-state index contributed by atoms with van der Waals surface area (Å²) in [5.74, 6) is 0.0329. The fourth-order valence-corrected chi connectivity index (χ4v) is 2.43. The largest absolute Gasteiger partial charge is 0.289 e. The number of para-hydroxylation sites is 1. The van der Waals surface area contributed by atoms with E-state index < -0.39 is 0 Å². The molecule has 1 aromatic heterocycles. The quantitative estimate of drug-likeness (QED) is 0.697. The zero-order valence-electron chi connectivity index (χ0n) is 10.8. The molecule has 0 saturated carbocycles. The van der Waals surface area contributed by atoms with Crippen molar-refractivity contribution in [2.24, 2.45) is 0 Å². The Bertz CT molecular complexity index is 772. The van der Waals surface area contributed by atoms with Crippen LogP contribution in [0.3, 0.4) is 0 Å². The highest BCUT2D eigenvalue weighted by Gasteiger charge is 2.14. The summed E-state index contributed by atoms with van der Waals surface area (Å²) in [7, 11) is 0. The number of rotatable bonds is 3. The van der Waals surface area contributed by atoms with Gasteiger partial charge in [-0.25, -0.2) is 0 Å². The van der Waals surface area contributed by atoms with Crippen molar-refractivity contribution in [2.75, 3.05) is 5.32 Å². The fourth-order valence-electron chi connectivity index (χ4n) is 1.81. The predicted octanol–water partition coefficient (Wildman–Crippen LogP) is 2.52. The molecule has 0 bridgehead atoms. The average Bonchev–Trinajstić information content (AvgIpc) is 2.96. The Morgan fingerprint density at radius 2 is 1.76 bits per heavy atom. The van der Waals surface area contributed by atoms with Crippen molar-refractivity contribution in [1.82, 2.24) is 20.2 Å². The number of nitrogens with zero attached hydrogens (tertiary/aromatic N) is 4. The van der Waals surface area contributed by atoms with E-state index in [9.17, 15) is 4.79 Å². The van der Waals surface area contributed by atoms with Gasteiger partial charge in [0.2, 0.25) is 0 Å². The lowest BCUT2D eigenvalue weighted by atomic mass is 10.2. The van der Waals surface area contributed by atoms with Crippen LogP contribution >= 0.6 is 22.6 Å². The number of anilines is 1. The standard InChI is InChI=1S/C14H10IN5O/c15-11-8-4-5-9-12(11)20-14(17-18-19-20)16-13(21)10-6-2-1-3-7-10/h1-9H,(H,16,17,19,21).